The normalized spacial score (nSPS) is 11.2. The second-order valence-corrected chi connectivity index (χ2v) is 5.26. The first kappa shape index (κ1) is 15.1. The Morgan fingerprint density at radius 1 is 1.32 bits per heavy atom. The number of nitrogens with one attached hydrogen (secondary N) is 3. The average molecular weight is 267 g/mol. The summed E-state index contributed by atoms with van der Waals surface area (Å²) in [7, 11) is 0. The maximum absolute atomic E-state index is 11.7. The van der Waals surface area contributed by atoms with Gasteiger partial charge in [0.25, 0.3) is 5.91 Å². The van der Waals surface area contributed by atoms with Gasteiger partial charge >= 0.3 is 0 Å². The van der Waals surface area contributed by atoms with Gasteiger partial charge in [-0.1, -0.05) is 6.92 Å². The molecule has 0 atom stereocenters. The summed E-state index contributed by atoms with van der Waals surface area (Å²) in [5, 5.41) is 11.9. The smallest absolute Gasteiger partial charge is 0.290 e. The summed E-state index contributed by atoms with van der Waals surface area (Å²) in [4.78, 5) is 27.2. The van der Waals surface area contributed by atoms with Gasteiger partial charge in [-0.15, -0.1) is 5.10 Å². The molecule has 0 saturated carbocycles. The fraction of sp³-hybridized carbons (Fsp3) is 0.667. The monoisotopic (exact) mass is 267 g/mol. The van der Waals surface area contributed by atoms with Gasteiger partial charge in [0, 0.05) is 24.9 Å². The minimum Gasteiger partial charge on any atom is -0.351 e. The number of rotatable bonds is 5. The zero-order valence-corrected chi connectivity index (χ0v) is 11.8. The van der Waals surface area contributed by atoms with Crippen molar-refractivity contribution in [3.05, 3.63) is 11.6 Å². The van der Waals surface area contributed by atoms with E-state index in [-0.39, 0.29) is 36.1 Å². The molecule has 1 heterocycles. The number of aromatic amines is 1. The summed E-state index contributed by atoms with van der Waals surface area (Å²) in [5.41, 5.74) is -0.263. The van der Waals surface area contributed by atoms with E-state index in [2.05, 4.69) is 25.8 Å². The molecule has 19 heavy (non-hydrogen) atoms. The third kappa shape index (κ3) is 5.50. The molecule has 0 radical (unpaired) electrons. The van der Waals surface area contributed by atoms with E-state index in [0.29, 0.717) is 12.2 Å². The van der Waals surface area contributed by atoms with Gasteiger partial charge in [-0.3, -0.25) is 14.7 Å². The molecular formula is C12H21N5O2. The van der Waals surface area contributed by atoms with Crippen molar-refractivity contribution < 1.29 is 9.59 Å². The predicted octanol–water partition coefficient (Wildman–Crippen LogP) is 0.402. The van der Waals surface area contributed by atoms with Crippen molar-refractivity contribution in [3.63, 3.8) is 0 Å². The van der Waals surface area contributed by atoms with Crippen molar-refractivity contribution in [2.75, 3.05) is 6.54 Å². The fourth-order valence-electron chi connectivity index (χ4n) is 1.40. The molecule has 0 unspecified atom stereocenters. The van der Waals surface area contributed by atoms with Gasteiger partial charge in [-0.05, 0) is 20.8 Å². The number of hydrogen-bond acceptors (Lipinski definition) is 4. The van der Waals surface area contributed by atoms with E-state index in [0.717, 1.165) is 0 Å². The Kier molecular flexibility index (Phi) is 5.02. The zero-order valence-electron chi connectivity index (χ0n) is 11.8. The molecule has 0 saturated heterocycles. The first-order chi connectivity index (χ1) is 8.81. The van der Waals surface area contributed by atoms with E-state index >= 15 is 0 Å². The van der Waals surface area contributed by atoms with Crippen LogP contribution >= 0.6 is 0 Å². The Hall–Kier alpha value is -1.92. The summed E-state index contributed by atoms with van der Waals surface area (Å²) in [6, 6.07) is 0. The number of carbonyl (C=O) groups excluding carboxylic acids is 2. The molecule has 0 fully saturated rings. The lowest BCUT2D eigenvalue weighted by Gasteiger charge is -2.20. The van der Waals surface area contributed by atoms with Crippen LogP contribution in [0.3, 0.4) is 0 Å². The molecule has 0 aliphatic rings. The largest absolute Gasteiger partial charge is 0.351 e. The van der Waals surface area contributed by atoms with Crippen LogP contribution in [0.25, 0.3) is 0 Å². The van der Waals surface area contributed by atoms with E-state index in [1.165, 1.54) is 0 Å². The van der Waals surface area contributed by atoms with Crippen LogP contribution in [0.1, 0.15) is 50.6 Å². The number of carbonyl (C=O) groups is 2. The number of H-pyrrole nitrogens is 1. The van der Waals surface area contributed by atoms with Crippen LogP contribution in [-0.2, 0) is 11.2 Å². The average Bonchev–Trinajstić information content (AvgIpc) is 2.74. The summed E-state index contributed by atoms with van der Waals surface area (Å²) in [5.74, 6) is 0.292. The van der Waals surface area contributed by atoms with Gasteiger partial charge in [0.2, 0.25) is 11.7 Å². The number of nitrogens with zero attached hydrogens (tertiary/aromatic N) is 2. The fourth-order valence-corrected chi connectivity index (χ4v) is 1.40. The Labute approximate surface area is 112 Å². The van der Waals surface area contributed by atoms with Gasteiger partial charge in [0.15, 0.2) is 0 Å². The third-order valence-electron chi connectivity index (χ3n) is 2.22. The highest BCUT2D eigenvalue weighted by atomic mass is 16.2. The molecule has 3 N–H and O–H groups in total. The molecular weight excluding hydrogens is 246 g/mol. The van der Waals surface area contributed by atoms with Gasteiger partial charge < -0.3 is 10.6 Å². The summed E-state index contributed by atoms with van der Waals surface area (Å²) >= 11 is 0. The van der Waals surface area contributed by atoms with Crippen LogP contribution in [0.5, 0.6) is 0 Å². The number of hydrogen-bond donors (Lipinski definition) is 3. The highest BCUT2D eigenvalue weighted by Crippen LogP contribution is 1.99. The van der Waals surface area contributed by atoms with Crippen molar-refractivity contribution in [1.29, 1.82) is 0 Å². The standard InChI is InChI=1S/C12H21N5O2/c1-5-8-14-10(17-16-8)11(19)13-7-6-9(18)15-12(2,3)4/h5-7H2,1-4H3,(H,13,19)(H,15,18)(H,14,16,17). The first-order valence-corrected chi connectivity index (χ1v) is 6.32. The maximum atomic E-state index is 11.7. The first-order valence-electron chi connectivity index (χ1n) is 6.32. The van der Waals surface area contributed by atoms with Gasteiger partial charge in [0.05, 0.1) is 0 Å². The van der Waals surface area contributed by atoms with Gasteiger partial charge in [0.1, 0.15) is 5.82 Å². The Morgan fingerprint density at radius 2 is 2.00 bits per heavy atom. The molecule has 7 nitrogen and oxygen atoms in total. The lowest BCUT2D eigenvalue weighted by molar-refractivity contribution is -0.122. The van der Waals surface area contributed by atoms with Crippen LogP contribution < -0.4 is 10.6 Å². The lowest BCUT2D eigenvalue weighted by Crippen LogP contribution is -2.42. The van der Waals surface area contributed by atoms with Crippen LogP contribution in [-0.4, -0.2) is 39.1 Å². The molecule has 1 aromatic rings. The minimum absolute atomic E-state index is 0.1000. The highest BCUT2D eigenvalue weighted by molar-refractivity contribution is 5.90. The van der Waals surface area contributed by atoms with Crippen molar-refractivity contribution in [1.82, 2.24) is 25.8 Å². The molecule has 0 aromatic carbocycles. The molecule has 0 spiro atoms. The molecule has 0 bridgehead atoms. The molecule has 2 amide bonds. The van der Waals surface area contributed by atoms with Crippen molar-refractivity contribution in [3.8, 4) is 0 Å². The topological polar surface area (TPSA) is 99.8 Å². The lowest BCUT2D eigenvalue weighted by atomic mass is 10.1. The third-order valence-corrected chi connectivity index (χ3v) is 2.22. The van der Waals surface area contributed by atoms with Crippen LogP contribution in [0.2, 0.25) is 0 Å². The number of aromatic nitrogens is 3. The van der Waals surface area contributed by atoms with Crippen molar-refractivity contribution >= 4 is 11.8 Å². The molecule has 0 aliphatic heterocycles. The van der Waals surface area contributed by atoms with Gasteiger partial charge in [-0.25, -0.2) is 4.98 Å². The van der Waals surface area contributed by atoms with E-state index in [1.54, 1.807) is 0 Å². The molecule has 1 aromatic heterocycles. The van der Waals surface area contributed by atoms with E-state index in [9.17, 15) is 9.59 Å². The number of aryl methyl sites for hydroxylation is 1. The molecule has 7 heteroatoms. The summed E-state index contributed by atoms with van der Waals surface area (Å²) in [6.45, 7) is 7.89. The van der Waals surface area contributed by atoms with Crippen molar-refractivity contribution in [2.24, 2.45) is 0 Å². The van der Waals surface area contributed by atoms with E-state index < -0.39 is 0 Å². The van der Waals surface area contributed by atoms with Gasteiger partial charge in [-0.2, -0.15) is 0 Å². The molecule has 106 valence electrons. The van der Waals surface area contributed by atoms with Crippen LogP contribution in [0.15, 0.2) is 0 Å². The highest BCUT2D eigenvalue weighted by Gasteiger charge is 2.15. The van der Waals surface area contributed by atoms with E-state index in [1.807, 2.05) is 27.7 Å². The second kappa shape index (κ2) is 6.31. The van der Waals surface area contributed by atoms with Crippen LogP contribution in [0, 0.1) is 0 Å². The Balaban J connectivity index is 2.33. The van der Waals surface area contributed by atoms with Crippen LogP contribution in [0.4, 0.5) is 0 Å². The quantitative estimate of drug-likeness (QED) is 0.719. The second-order valence-electron chi connectivity index (χ2n) is 5.26. The Morgan fingerprint density at radius 3 is 2.53 bits per heavy atom. The van der Waals surface area contributed by atoms with E-state index in [4.69, 9.17) is 0 Å². The van der Waals surface area contributed by atoms with Crippen molar-refractivity contribution in [2.45, 2.75) is 46.1 Å². The summed E-state index contributed by atoms with van der Waals surface area (Å²) < 4.78 is 0. The molecule has 0 aliphatic carbocycles. The minimum atomic E-state index is -0.375. The predicted molar refractivity (Wildman–Crippen MR) is 70.6 cm³/mol. The Bertz CT molecular complexity index is 447. The summed E-state index contributed by atoms with van der Waals surface area (Å²) in [6.07, 6.45) is 0.919. The SMILES string of the molecule is CCc1nc(C(=O)NCCC(=O)NC(C)(C)C)n[nH]1. The molecule has 1 rings (SSSR count). The zero-order chi connectivity index (χ0) is 14.5. The maximum Gasteiger partial charge on any atom is 0.290 e. The number of amides is 2.